The zero-order chi connectivity index (χ0) is 8.39. The number of nitrogens with one attached hydrogen (secondary N) is 1. The van der Waals surface area contributed by atoms with Crippen LogP contribution in [0.5, 0.6) is 0 Å². The second-order valence-electron chi connectivity index (χ2n) is 2.95. The maximum absolute atomic E-state index is 5.23. The van der Waals surface area contributed by atoms with Crippen molar-refractivity contribution in [3.05, 3.63) is 6.20 Å². The number of ether oxygens (including phenoxy) is 1. The summed E-state index contributed by atoms with van der Waals surface area (Å²) in [7, 11) is 1.87. The number of rotatable bonds is 2. The lowest BCUT2D eigenvalue weighted by molar-refractivity contribution is 0.195. The normalized spacial score (nSPS) is 22.9. The van der Waals surface area contributed by atoms with Crippen molar-refractivity contribution in [2.45, 2.75) is 12.5 Å². The maximum Gasteiger partial charge on any atom is 0.144 e. The fourth-order valence-corrected chi connectivity index (χ4v) is 1.28. The smallest absolute Gasteiger partial charge is 0.144 e. The third kappa shape index (κ3) is 1.40. The highest BCUT2D eigenvalue weighted by atomic mass is 16.5. The van der Waals surface area contributed by atoms with E-state index in [2.05, 4.69) is 15.6 Å². The minimum Gasteiger partial charge on any atom is -0.379 e. The second-order valence-corrected chi connectivity index (χ2v) is 2.95. The Morgan fingerprint density at radius 1 is 1.75 bits per heavy atom. The molecule has 12 heavy (non-hydrogen) atoms. The Bertz CT molecular complexity index is 254. The van der Waals surface area contributed by atoms with Gasteiger partial charge in [-0.25, -0.2) is 4.68 Å². The maximum atomic E-state index is 5.23. The zero-order valence-corrected chi connectivity index (χ0v) is 7.03. The molecule has 5 heteroatoms. The Balaban J connectivity index is 1.98. The monoisotopic (exact) mass is 168 g/mol. The van der Waals surface area contributed by atoms with E-state index in [1.165, 1.54) is 0 Å². The molecule has 0 amide bonds. The lowest BCUT2D eigenvalue weighted by Crippen LogP contribution is -2.20. The third-order valence-electron chi connectivity index (χ3n) is 2.00. The average Bonchev–Trinajstić information content (AvgIpc) is 2.65. The van der Waals surface area contributed by atoms with Gasteiger partial charge < -0.3 is 10.1 Å². The first kappa shape index (κ1) is 7.54. The van der Waals surface area contributed by atoms with E-state index in [1.54, 1.807) is 10.9 Å². The molecule has 1 saturated heterocycles. The Hall–Kier alpha value is -1.10. The van der Waals surface area contributed by atoms with E-state index in [9.17, 15) is 0 Å². The van der Waals surface area contributed by atoms with Crippen LogP contribution in [-0.2, 0) is 11.8 Å². The lowest BCUT2D eigenvalue weighted by atomic mass is 10.3. The minimum atomic E-state index is 0.419. The zero-order valence-electron chi connectivity index (χ0n) is 7.03. The summed E-state index contributed by atoms with van der Waals surface area (Å²) in [5.74, 6) is 0.950. The van der Waals surface area contributed by atoms with Gasteiger partial charge in [-0.3, -0.25) is 0 Å². The Morgan fingerprint density at radius 3 is 3.25 bits per heavy atom. The van der Waals surface area contributed by atoms with Crippen molar-refractivity contribution >= 4 is 5.82 Å². The van der Waals surface area contributed by atoms with Crippen LogP contribution in [0.25, 0.3) is 0 Å². The van der Waals surface area contributed by atoms with Crippen LogP contribution in [0.4, 0.5) is 5.82 Å². The predicted molar refractivity (Wildman–Crippen MR) is 43.8 cm³/mol. The summed E-state index contributed by atoms with van der Waals surface area (Å²) in [4.78, 5) is 0. The van der Waals surface area contributed by atoms with E-state index in [4.69, 9.17) is 4.74 Å². The van der Waals surface area contributed by atoms with Crippen molar-refractivity contribution in [2.24, 2.45) is 7.05 Å². The van der Waals surface area contributed by atoms with Gasteiger partial charge in [-0.15, -0.1) is 5.10 Å². The van der Waals surface area contributed by atoms with E-state index < -0.39 is 0 Å². The summed E-state index contributed by atoms with van der Waals surface area (Å²) >= 11 is 0. The Kier molecular flexibility index (Phi) is 1.95. The van der Waals surface area contributed by atoms with Crippen LogP contribution in [0.2, 0.25) is 0 Å². The number of hydrogen-bond donors (Lipinski definition) is 1. The largest absolute Gasteiger partial charge is 0.379 e. The fraction of sp³-hybridized carbons (Fsp3) is 0.714. The molecule has 0 bridgehead atoms. The van der Waals surface area contributed by atoms with E-state index in [0.717, 1.165) is 25.5 Å². The molecule has 1 aliphatic rings. The number of aryl methyl sites for hydroxylation is 1. The van der Waals surface area contributed by atoms with Crippen LogP contribution < -0.4 is 5.32 Å². The van der Waals surface area contributed by atoms with Gasteiger partial charge in [0.1, 0.15) is 5.82 Å². The van der Waals surface area contributed by atoms with Crippen LogP contribution in [0.1, 0.15) is 6.42 Å². The van der Waals surface area contributed by atoms with Crippen LogP contribution in [-0.4, -0.2) is 34.2 Å². The molecular weight excluding hydrogens is 156 g/mol. The van der Waals surface area contributed by atoms with E-state index in [0.29, 0.717) is 6.04 Å². The van der Waals surface area contributed by atoms with Gasteiger partial charge in [0, 0.05) is 13.7 Å². The highest BCUT2D eigenvalue weighted by molar-refractivity contribution is 5.32. The molecule has 1 aromatic heterocycles. The van der Waals surface area contributed by atoms with E-state index in [-0.39, 0.29) is 0 Å². The standard InChI is InChI=1S/C7H12N4O/c1-11-7(4-8-10-11)9-6-2-3-12-5-6/h4,6,9H,2-3,5H2,1H3. The van der Waals surface area contributed by atoms with Crippen LogP contribution >= 0.6 is 0 Å². The van der Waals surface area contributed by atoms with Gasteiger partial charge in [0.25, 0.3) is 0 Å². The third-order valence-corrected chi connectivity index (χ3v) is 2.00. The summed E-state index contributed by atoms with van der Waals surface area (Å²) < 4.78 is 6.95. The van der Waals surface area contributed by atoms with Crippen molar-refractivity contribution in [1.82, 2.24) is 15.0 Å². The summed E-state index contributed by atoms with van der Waals surface area (Å²) in [5, 5.41) is 10.9. The van der Waals surface area contributed by atoms with Crippen LogP contribution in [0.15, 0.2) is 6.20 Å². The van der Waals surface area contributed by atoms with Crippen molar-refractivity contribution in [1.29, 1.82) is 0 Å². The van der Waals surface area contributed by atoms with Crippen molar-refractivity contribution in [3.8, 4) is 0 Å². The molecule has 0 radical (unpaired) electrons. The molecule has 0 spiro atoms. The molecule has 1 atom stereocenters. The first-order valence-corrected chi connectivity index (χ1v) is 4.05. The average molecular weight is 168 g/mol. The molecule has 1 aliphatic heterocycles. The van der Waals surface area contributed by atoms with Crippen molar-refractivity contribution < 1.29 is 4.74 Å². The Morgan fingerprint density at radius 2 is 2.67 bits per heavy atom. The fourth-order valence-electron chi connectivity index (χ4n) is 1.28. The molecule has 2 rings (SSSR count). The molecule has 0 aliphatic carbocycles. The molecule has 2 heterocycles. The van der Waals surface area contributed by atoms with Crippen molar-refractivity contribution in [3.63, 3.8) is 0 Å². The number of nitrogens with zero attached hydrogens (tertiary/aromatic N) is 3. The summed E-state index contributed by atoms with van der Waals surface area (Å²) in [6.45, 7) is 1.63. The molecule has 1 aromatic rings. The molecular formula is C7H12N4O. The summed E-state index contributed by atoms with van der Waals surface area (Å²) in [5.41, 5.74) is 0. The lowest BCUT2D eigenvalue weighted by Gasteiger charge is -2.10. The number of hydrogen-bond acceptors (Lipinski definition) is 4. The SMILES string of the molecule is Cn1nncc1NC1CCOC1. The highest BCUT2D eigenvalue weighted by Gasteiger charge is 2.16. The topological polar surface area (TPSA) is 52.0 Å². The highest BCUT2D eigenvalue weighted by Crippen LogP contribution is 2.10. The quantitative estimate of drug-likeness (QED) is 0.676. The van der Waals surface area contributed by atoms with Gasteiger partial charge in [0.15, 0.2) is 0 Å². The molecule has 66 valence electrons. The molecule has 1 N–H and O–H groups in total. The van der Waals surface area contributed by atoms with E-state index in [1.807, 2.05) is 7.05 Å². The second kappa shape index (κ2) is 3.10. The molecule has 1 unspecified atom stereocenters. The number of anilines is 1. The van der Waals surface area contributed by atoms with Gasteiger partial charge in [0.2, 0.25) is 0 Å². The van der Waals surface area contributed by atoms with Gasteiger partial charge >= 0.3 is 0 Å². The van der Waals surface area contributed by atoms with E-state index >= 15 is 0 Å². The van der Waals surface area contributed by atoms with Crippen LogP contribution in [0.3, 0.4) is 0 Å². The molecule has 1 fully saturated rings. The predicted octanol–water partition coefficient (Wildman–Crippen LogP) is 0.0159. The summed E-state index contributed by atoms with van der Waals surface area (Å²) in [6, 6.07) is 0.419. The molecule has 5 nitrogen and oxygen atoms in total. The van der Waals surface area contributed by atoms with Gasteiger partial charge in [0.05, 0.1) is 18.8 Å². The van der Waals surface area contributed by atoms with Gasteiger partial charge in [-0.1, -0.05) is 5.21 Å². The minimum absolute atomic E-state index is 0.419. The van der Waals surface area contributed by atoms with Crippen LogP contribution in [0, 0.1) is 0 Å². The molecule has 0 aromatic carbocycles. The van der Waals surface area contributed by atoms with Gasteiger partial charge in [-0.05, 0) is 6.42 Å². The first-order chi connectivity index (χ1) is 5.86. The number of aromatic nitrogens is 3. The first-order valence-electron chi connectivity index (χ1n) is 4.05. The molecule has 0 saturated carbocycles. The Labute approximate surface area is 70.7 Å². The van der Waals surface area contributed by atoms with Gasteiger partial charge in [-0.2, -0.15) is 0 Å². The van der Waals surface area contributed by atoms with Crippen molar-refractivity contribution in [2.75, 3.05) is 18.5 Å². The summed E-state index contributed by atoms with van der Waals surface area (Å²) in [6.07, 6.45) is 2.78.